The molecule has 2 aromatic carbocycles. The molecule has 0 unspecified atom stereocenters. The number of amides is 1. The highest BCUT2D eigenvalue weighted by Gasteiger charge is 2.30. The maximum Gasteiger partial charge on any atom is 0.416 e. The highest BCUT2D eigenvalue weighted by atomic mass is 32.1. The molecule has 33 heavy (non-hydrogen) atoms. The normalized spacial score (nSPS) is 11.9. The van der Waals surface area contributed by atoms with E-state index in [0.717, 1.165) is 38.4 Å². The van der Waals surface area contributed by atoms with Crippen molar-refractivity contribution in [1.29, 1.82) is 0 Å². The number of carbonyl (C=O) groups is 1. The topological polar surface area (TPSA) is 59.8 Å². The number of hydrogen-bond acceptors (Lipinski definition) is 4. The van der Waals surface area contributed by atoms with Crippen LogP contribution in [0.5, 0.6) is 0 Å². The lowest BCUT2D eigenvalue weighted by Gasteiger charge is -2.10. The molecule has 166 valence electrons. The average Bonchev–Trinajstić information content (AvgIpc) is 3.32. The first-order chi connectivity index (χ1) is 15.8. The van der Waals surface area contributed by atoms with Crippen molar-refractivity contribution >= 4 is 38.5 Å². The molecule has 0 fully saturated rings. The van der Waals surface area contributed by atoms with Gasteiger partial charge < -0.3 is 5.32 Å². The van der Waals surface area contributed by atoms with Crippen LogP contribution in [-0.2, 0) is 12.7 Å². The maximum atomic E-state index is 13.0. The van der Waals surface area contributed by atoms with E-state index in [0.29, 0.717) is 23.4 Å². The van der Waals surface area contributed by atoms with Crippen LogP contribution in [0.4, 0.5) is 13.2 Å². The number of nitrogens with zero attached hydrogens (tertiary/aromatic N) is 3. The molecular weight excluding hydrogens is 449 g/mol. The van der Waals surface area contributed by atoms with Crippen LogP contribution >= 0.6 is 11.3 Å². The summed E-state index contributed by atoms with van der Waals surface area (Å²) >= 11 is 1.48. The number of pyridine rings is 1. The van der Waals surface area contributed by atoms with Gasteiger partial charge >= 0.3 is 6.18 Å². The molecule has 0 radical (unpaired) electrons. The SMILES string of the molecule is Cc1nc2c(s1)c1cc(C(=O)NCc3ccccn3)ccc1n2-c1ccc(C(F)(F)F)cc1. The average molecular weight is 466 g/mol. The second kappa shape index (κ2) is 8.00. The lowest BCUT2D eigenvalue weighted by Crippen LogP contribution is -2.23. The van der Waals surface area contributed by atoms with Gasteiger partial charge in [0.25, 0.3) is 5.91 Å². The van der Waals surface area contributed by atoms with E-state index in [1.165, 1.54) is 23.5 Å². The minimum absolute atomic E-state index is 0.237. The number of thiazole rings is 1. The number of carbonyl (C=O) groups excluding carboxylic acids is 1. The number of benzene rings is 2. The zero-order chi connectivity index (χ0) is 23.2. The van der Waals surface area contributed by atoms with E-state index in [1.807, 2.05) is 29.7 Å². The molecule has 5 aromatic rings. The largest absolute Gasteiger partial charge is 0.416 e. The van der Waals surface area contributed by atoms with Gasteiger partial charge in [0.15, 0.2) is 5.65 Å². The standard InChI is InChI=1S/C24H17F3N4OS/c1-14-30-22-21(33-14)19-12-15(23(32)29-13-17-4-2-3-11-28-17)5-10-20(19)31(22)18-8-6-16(7-9-18)24(25,26)27/h2-12H,13H2,1H3,(H,29,32). The Bertz CT molecular complexity index is 1470. The molecule has 1 N–H and O–H groups in total. The van der Waals surface area contributed by atoms with Gasteiger partial charge in [0, 0.05) is 22.8 Å². The van der Waals surface area contributed by atoms with Gasteiger partial charge in [0.05, 0.1) is 33.0 Å². The number of aryl methyl sites for hydroxylation is 1. The monoisotopic (exact) mass is 466 g/mol. The Morgan fingerprint density at radius 1 is 1.09 bits per heavy atom. The first-order valence-electron chi connectivity index (χ1n) is 10.1. The fourth-order valence-corrected chi connectivity index (χ4v) is 4.68. The van der Waals surface area contributed by atoms with Crippen molar-refractivity contribution < 1.29 is 18.0 Å². The molecule has 0 atom stereocenters. The number of hydrogen-bond donors (Lipinski definition) is 1. The number of aromatic nitrogens is 3. The minimum atomic E-state index is -4.40. The first-order valence-corrected chi connectivity index (χ1v) is 10.9. The van der Waals surface area contributed by atoms with Gasteiger partial charge in [-0.3, -0.25) is 14.3 Å². The van der Waals surface area contributed by atoms with Crippen molar-refractivity contribution in [2.24, 2.45) is 0 Å². The predicted molar refractivity (Wildman–Crippen MR) is 122 cm³/mol. The highest BCUT2D eigenvalue weighted by Crippen LogP contribution is 2.37. The van der Waals surface area contributed by atoms with Gasteiger partial charge in [0.2, 0.25) is 0 Å². The van der Waals surface area contributed by atoms with Crippen molar-refractivity contribution in [2.45, 2.75) is 19.6 Å². The molecule has 0 aliphatic heterocycles. The van der Waals surface area contributed by atoms with Gasteiger partial charge in [-0.1, -0.05) is 6.07 Å². The third kappa shape index (κ3) is 3.95. The third-order valence-electron chi connectivity index (χ3n) is 5.28. The summed E-state index contributed by atoms with van der Waals surface area (Å²) in [5.74, 6) is -0.237. The van der Waals surface area contributed by atoms with E-state index in [2.05, 4.69) is 15.3 Å². The summed E-state index contributed by atoms with van der Waals surface area (Å²) in [6, 6.07) is 15.8. The molecule has 9 heteroatoms. The number of rotatable bonds is 4. The zero-order valence-corrected chi connectivity index (χ0v) is 18.2. The van der Waals surface area contributed by atoms with Crippen molar-refractivity contribution in [3.63, 3.8) is 0 Å². The fraction of sp³-hybridized carbons (Fsp3) is 0.125. The van der Waals surface area contributed by atoms with Crippen molar-refractivity contribution in [3.05, 3.63) is 88.7 Å². The minimum Gasteiger partial charge on any atom is -0.346 e. The summed E-state index contributed by atoms with van der Waals surface area (Å²) in [5, 5.41) is 4.51. The summed E-state index contributed by atoms with van der Waals surface area (Å²) in [7, 11) is 0. The van der Waals surface area contributed by atoms with Crippen LogP contribution in [0.25, 0.3) is 26.9 Å². The lowest BCUT2D eigenvalue weighted by molar-refractivity contribution is -0.137. The van der Waals surface area contributed by atoms with Crippen molar-refractivity contribution in [1.82, 2.24) is 19.9 Å². The van der Waals surface area contributed by atoms with E-state index in [9.17, 15) is 18.0 Å². The summed E-state index contributed by atoms with van der Waals surface area (Å²) < 4.78 is 41.7. The van der Waals surface area contributed by atoms with E-state index in [4.69, 9.17) is 0 Å². The first kappa shape index (κ1) is 21.1. The Morgan fingerprint density at radius 3 is 2.58 bits per heavy atom. The number of halogens is 3. The van der Waals surface area contributed by atoms with E-state index < -0.39 is 11.7 Å². The van der Waals surface area contributed by atoms with E-state index in [-0.39, 0.29) is 5.91 Å². The predicted octanol–water partition coefficient (Wildman–Crippen LogP) is 5.89. The molecule has 0 spiro atoms. The number of fused-ring (bicyclic) bond motifs is 3. The summed E-state index contributed by atoms with van der Waals surface area (Å²) in [6.45, 7) is 2.18. The summed E-state index contributed by atoms with van der Waals surface area (Å²) in [5.41, 5.74) is 2.51. The smallest absolute Gasteiger partial charge is 0.346 e. The van der Waals surface area contributed by atoms with E-state index >= 15 is 0 Å². The molecule has 0 aliphatic carbocycles. The Labute approximate surface area is 190 Å². The van der Waals surface area contributed by atoms with Crippen LogP contribution in [0.3, 0.4) is 0 Å². The molecule has 5 rings (SSSR count). The molecule has 0 bridgehead atoms. The molecule has 0 saturated heterocycles. The Kier molecular flexibility index (Phi) is 5.13. The summed E-state index contributed by atoms with van der Waals surface area (Å²) in [4.78, 5) is 21.5. The van der Waals surface area contributed by atoms with Gasteiger partial charge in [-0.2, -0.15) is 13.2 Å². The van der Waals surface area contributed by atoms with Gasteiger partial charge in [-0.05, 0) is 61.5 Å². The third-order valence-corrected chi connectivity index (χ3v) is 6.27. The van der Waals surface area contributed by atoms with Crippen LogP contribution in [-0.4, -0.2) is 20.4 Å². The Morgan fingerprint density at radius 2 is 1.88 bits per heavy atom. The van der Waals surface area contributed by atoms with Gasteiger partial charge in [-0.25, -0.2) is 4.98 Å². The van der Waals surface area contributed by atoms with Crippen molar-refractivity contribution in [3.8, 4) is 5.69 Å². The van der Waals surface area contributed by atoms with Crippen LogP contribution in [0, 0.1) is 6.92 Å². The molecule has 0 aliphatic rings. The van der Waals surface area contributed by atoms with E-state index in [1.54, 1.807) is 24.4 Å². The van der Waals surface area contributed by atoms with Crippen LogP contribution < -0.4 is 5.32 Å². The number of alkyl halides is 3. The summed E-state index contributed by atoms with van der Waals surface area (Å²) in [6.07, 6.45) is -2.73. The van der Waals surface area contributed by atoms with Gasteiger partial charge in [-0.15, -0.1) is 11.3 Å². The van der Waals surface area contributed by atoms with Crippen LogP contribution in [0.2, 0.25) is 0 Å². The molecular formula is C24H17F3N4OS. The number of nitrogens with one attached hydrogen (secondary N) is 1. The molecule has 5 nitrogen and oxygen atoms in total. The highest BCUT2D eigenvalue weighted by molar-refractivity contribution is 7.19. The zero-order valence-electron chi connectivity index (χ0n) is 17.3. The second-order valence-corrected chi connectivity index (χ2v) is 8.70. The Balaban J connectivity index is 1.55. The van der Waals surface area contributed by atoms with Gasteiger partial charge in [0.1, 0.15) is 0 Å². The molecule has 0 saturated carbocycles. The molecule has 1 amide bonds. The van der Waals surface area contributed by atoms with Crippen molar-refractivity contribution in [2.75, 3.05) is 0 Å². The molecule has 3 aromatic heterocycles. The molecule has 3 heterocycles. The fourth-order valence-electron chi connectivity index (χ4n) is 3.75. The van der Waals surface area contributed by atoms with Crippen LogP contribution in [0.15, 0.2) is 66.9 Å². The maximum absolute atomic E-state index is 13.0. The van der Waals surface area contributed by atoms with Crippen LogP contribution in [0.1, 0.15) is 26.6 Å². The quantitative estimate of drug-likeness (QED) is 0.359. The Hall–Kier alpha value is -3.72. The second-order valence-electron chi connectivity index (χ2n) is 7.50. The lowest BCUT2D eigenvalue weighted by atomic mass is 10.1.